The van der Waals surface area contributed by atoms with Crippen molar-refractivity contribution in [3.63, 3.8) is 0 Å². The predicted molar refractivity (Wildman–Crippen MR) is 95.8 cm³/mol. The van der Waals surface area contributed by atoms with Crippen molar-refractivity contribution in [3.05, 3.63) is 42.7 Å². The fourth-order valence-corrected chi connectivity index (χ4v) is 3.87. The molecule has 2 heterocycles. The molecule has 0 bridgehead atoms. The summed E-state index contributed by atoms with van der Waals surface area (Å²) in [6.45, 7) is 4.95. The Bertz CT molecular complexity index is 1050. The van der Waals surface area contributed by atoms with E-state index in [1.165, 1.54) is 13.3 Å². The van der Waals surface area contributed by atoms with Crippen LogP contribution in [0.25, 0.3) is 16.9 Å². The van der Waals surface area contributed by atoms with Gasteiger partial charge in [-0.15, -0.1) is 0 Å². The maximum absolute atomic E-state index is 12.9. The van der Waals surface area contributed by atoms with Gasteiger partial charge in [-0.1, -0.05) is 12.1 Å². The molecule has 25 heavy (non-hydrogen) atoms. The fraction of sp³-hybridized carbons (Fsp3) is 0.278. The molecule has 6 nitrogen and oxygen atoms in total. The van der Waals surface area contributed by atoms with Gasteiger partial charge in [-0.3, -0.25) is 4.40 Å². The molecule has 0 radical (unpaired) electrons. The zero-order valence-corrected chi connectivity index (χ0v) is 15.3. The minimum atomic E-state index is -3.62. The Morgan fingerprint density at radius 3 is 2.52 bits per heavy atom. The lowest BCUT2D eigenvalue weighted by Crippen LogP contribution is -2.28. The quantitative estimate of drug-likeness (QED) is 0.775. The lowest BCUT2D eigenvalue weighted by atomic mass is 10.1. The van der Waals surface area contributed by atoms with Crippen LogP contribution in [-0.2, 0) is 9.84 Å². The van der Waals surface area contributed by atoms with Crippen LogP contribution >= 0.6 is 0 Å². The van der Waals surface area contributed by atoms with E-state index >= 15 is 0 Å². The minimum absolute atomic E-state index is 0.106. The summed E-state index contributed by atoms with van der Waals surface area (Å²) in [5.41, 5.74) is 1.97. The summed E-state index contributed by atoms with van der Waals surface area (Å²) in [5, 5.41) is 9.71. The average Bonchev–Trinajstić information content (AvgIpc) is 2.95. The first-order valence-corrected chi connectivity index (χ1v) is 9.22. The molecule has 0 fully saturated rings. The zero-order chi connectivity index (χ0) is 18.4. The van der Waals surface area contributed by atoms with Crippen molar-refractivity contribution >= 4 is 15.5 Å². The van der Waals surface area contributed by atoms with Gasteiger partial charge < -0.3 is 9.84 Å². The minimum Gasteiger partial charge on any atom is -0.508 e. The van der Waals surface area contributed by atoms with Crippen LogP contribution < -0.4 is 4.74 Å². The summed E-state index contributed by atoms with van der Waals surface area (Å²) in [6.07, 6.45) is 3.16. The van der Waals surface area contributed by atoms with Crippen LogP contribution in [0.5, 0.6) is 11.5 Å². The molecular weight excluding hydrogens is 340 g/mol. The van der Waals surface area contributed by atoms with E-state index in [0.29, 0.717) is 11.3 Å². The molecule has 132 valence electrons. The molecule has 0 amide bonds. The van der Waals surface area contributed by atoms with Gasteiger partial charge in [0.05, 0.1) is 23.7 Å². The number of aromatic nitrogens is 2. The van der Waals surface area contributed by atoms with Crippen LogP contribution in [-0.4, -0.2) is 34.8 Å². The smallest absolute Gasteiger partial charge is 0.188 e. The Morgan fingerprint density at radius 1 is 1.20 bits per heavy atom. The van der Waals surface area contributed by atoms with Gasteiger partial charge in [0.15, 0.2) is 9.84 Å². The third kappa shape index (κ3) is 2.84. The summed E-state index contributed by atoms with van der Waals surface area (Å²) >= 11 is 0. The summed E-state index contributed by atoms with van der Waals surface area (Å²) in [7, 11) is -2.18. The van der Waals surface area contributed by atoms with E-state index < -0.39 is 14.6 Å². The first-order chi connectivity index (χ1) is 11.6. The van der Waals surface area contributed by atoms with Crippen molar-refractivity contribution in [1.29, 1.82) is 0 Å². The molecule has 0 aliphatic rings. The lowest BCUT2D eigenvalue weighted by Gasteiger charge is -2.21. The molecule has 0 unspecified atom stereocenters. The van der Waals surface area contributed by atoms with Crippen molar-refractivity contribution < 1.29 is 18.3 Å². The lowest BCUT2D eigenvalue weighted by molar-refractivity contribution is 0.401. The van der Waals surface area contributed by atoms with E-state index in [1.807, 2.05) is 6.07 Å². The Morgan fingerprint density at radius 2 is 1.92 bits per heavy atom. The van der Waals surface area contributed by atoms with Crippen LogP contribution in [0.15, 0.2) is 47.6 Å². The first-order valence-electron chi connectivity index (χ1n) is 7.74. The molecule has 1 N–H and O–H groups in total. The van der Waals surface area contributed by atoms with E-state index in [2.05, 4.69) is 4.98 Å². The van der Waals surface area contributed by atoms with Gasteiger partial charge in [0.2, 0.25) is 0 Å². The predicted octanol–water partition coefficient (Wildman–Crippen LogP) is 3.29. The van der Waals surface area contributed by atoms with E-state index in [0.717, 1.165) is 5.56 Å². The molecule has 0 saturated carbocycles. The Labute approximate surface area is 146 Å². The highest BCUT2D eigenvalue weighted by molar-refractivity contribution is 7.92. The number of imidazole rings is 1. The summed E-state index contributed by atoms with van der Waals surface area (Å²) in [5.74, 6) is 0.388. The number of ether oxygens (including phenoxy) is 1. The topological polar surface area (TPSA) is 80.9 Å². The second-order valence-corrected chi connectivity index (χ2v) is 9.42. The highest BCUT2D eigenvalue weighted by Crippen LogP contribution is 2.34. The van der Waals surface area contributed by atoms with Gasteiger partial charge >= 0.3 is 0 Å². The van der Waals surface area contributed by atoms with Gasteiger partial charge in [0.1, 0.15) is 22.0 Å². The number of fused-ring (bicyclic) bond motifs is 1. The summed E-state index contributed by atoms with van der Waals surface area (Å²) in [6, 6.07) is 8.33. The van der Waals surface area contributed by atoms with Crippen LogP contribution in [0.1, 0.15) is 20.8 Å². The number of rotatable bonds is 3. The molecule has 3 aromatic rings. The maximum atomic E-state index is 12.9. The average molecular weight is 360 g/mol. The van der Waals surface area contributed by atoms with E-state index in [9.17, 15) is 13.5 Å². The van der Waals surface area contributed by atoms with Crippen molar-refractivity contribution in [2.24, 2.45) is 0 Å². The molecule has 1 aromatic carbocycles. The number of aromatic hydroxyl groups is 1. The third-order valence-corrected chi connectivity index (χ3v) is 6.53. The van der Waals surface area contributed by atoms with Gasteiger partial charge in [-0.05, 0) is 32.9 Å². The molecule has 3 rings (SSSR count). The molecule has 2 aromatic heterocycles. The number of phenolic OH excluding ortho intramolecular Hbond substituents is 1. The standard InChI is InChI=1S/C18H20N2O4S/c1-18(2,3)25(22,23)16-11-20-14(12-6-5-7-13(21)8-12)10-19-17(20)9-15(16)24-4/h5-11,21H,1-4H3. The number of nitrogens with zero attached hydrogens (tertiary/aromatic N) is 2. The Balaban J connectivity index is 2.31. The Kier molecular flexibility index (Phi) is 3.99. The van der Waals surface area contributed by atoms with Crippen LogP contribution in [0.4, 0.5) is 0 Å². The van der Waals surface area contributed by atoms with Gasteiger partial charge in [0.25, 0.3) is 0 Å². The number of phenols is 1. The molecular formula is C18H20N2O4S. The molecule has 0 spiro atoms. The summed E-state index contributed by atoms with van der Waals surface area (Å²) < 4.78 is 31.9. The molecule has 0 saturated heterocycles. The van der Waals surface area contributed by atoms with Crippen molar-refractivity contribution in [2.75, 3.05) is 7.11 Å². The number of sulfone groups is 1. The number of hydrogen-bond donors (Lipinski definition) is 1. The zero-order valence-electron chi connectivity index (χ0n) is 14.5. The monoisotopic (exact) mass is 360 g/mol. The van der Waals surface area contributed by atoms with Gasteiger partial charge in [-0.25, -0.2) is 13.4 Å². The highest BCUT2D eigenvalue weighted by atomic mass is 32.2. The van der Waals surface area contributed by atoms with Crippen LogP contribution in [0, 0.1) is 0 Å². The highest BCUT2D eigenvalue weighted by Gasteiger charge is 2.34. The normalized spacial score (nSPS) is 12.5. The summed E-state index contributed by atoms with van der Waals surface area (Å²) in [4.78, 5) is 4.43. The van der Waals surface area contributed by atoms with Crippen LogP contribution in [0.2, 0.25) is 0 Å². The van der Waals surface area contributed by atoms with Crippen LogP contribution in [0.3, 0.4) is 0 Å². The fourth-order valence-electron chi connectivity index (χ4n) is 2.56. The SMILES string of the molecule is COc1cc2ncc(-c3cccc(O)c3)n2cc1S(=O)(=O)C(C)(C)C. The number of benzene rings is 1. The first kappa shape index (κ1) is 17.3. The molecule has 0 aliphatic carbocycles. The molecule has 0 aliphatic heterocycles. The number of pyridine rings is 1. The van der Waals surface area contributed by atoms with Crippen molar-refractivity contribution in [1.82, 2.24) is 9.38 Å². The van der Waals surface area contributed by atoms with Gasteiger partial charge in [-0.2, -0.15) is 0 Å². The molecule has 7 heteroatoms. The largest absolute Gasteiger partial charge is 0.508 e. The van der Waals surface area contributed by atoms with E-state index in [4.69, 9.17) is 4.74 Å². The maximum Gasteiger partial charge on any atom is 0.188 e. The van der Waals surface area contributed by atoms with E-state index in [1.54, 1.807) is 55.6 Å². The molecule has 0 atom stereocenters. The third-order valence-electron chi connectivity index (χ3n) is 4.03. The second kappa shape index (κ2) is 5.77. The number of hydrogen-bond acceptors (Lipinski definition) is 5. The van der Waals surface area contributed by atoms with E-state index in [-0.39, 0.29) is 16.4 Å². The Hall–Kier alpha value is -2.54. The van der Waals surface area contributed by atoms with Crippen molar-refractivity contribution in [3.8, 4) is 22.8 Å². The number of methoxy groups -OCH3 is 1. The second-order valence-electron chi connectivity index (χ2n) is 6.74. The van der Waals surface area contributed by atoms with Gasteiger partial charge in [0, 0.05) is 17.8 Å². The van der Waals surface area contributed by atoms with Crippen molar-refractivity contribution in [2.45, 2.75) is 30.4 Å².